The van der Waals surface area contributed by atoms with E-state index in [9.17, 15) is 19.1 Å². The molecule has 1 aromatic carbocycles. The SMILES string of the molecule is O=C(O)C1(Cc2cccc(Cl)c2F)CCCCC1=O. The maximum Gasteiger partial charge on any atom is 0.317 e. The van der Waals surface area contributed by atoms with Crippen LogP contribution in [-0.2, 0) is 16.0 Å². The zero-order chi connectivity index (χ0) is 14.0. The fourth-order valence-corrected chi connectivity index (χ4v) is 2.78. The van der Waals surface area contributed by atoms with Crippen LogP contribution in [-0.4, -0.2) is 16.9 Å². The molecule has 1 unspecified atom stereocenters. The quantitative estimate of drug-likeness (QED) is 0.867. The third-order valence-corrected chi connectivity index (χ3v) is 4.02. The lowest BCUT2D eigenvalue weighted by molar-refractivity contribution is -0.157. The van der Waals surface area contributed by atoms with E-state index in [0.717, 1.165) is 0 Å². The van der Waals surface area contributed by atoms with Gasteiger partial charge in [-0.15, -0.1) is 0 Å². The summed E-state index contributed by atoms with van der Waals surface area (Å²) in [6.45, 7) is 0. The molecule has 1 atom stereocenters. The lowest BCUT2D eigenvalue weighted by Crippen LogP contribution is -2.43. The molecule has 0 amide bonds. The summed E-state index contributed by atoms with van der Waals surface area (Å²) in [5, 5.41) is 9.35. The van der Waals surface area contributed by atoms with Gasteiger partial charge in [0.2, 0.25) is 0 Å². The van der Waals surface area contributed by atoms with Crippen molar-refractivity contribution >= 4 is 23.4 Å². The number of aliphatic carboxylic acids is 1. The van der Waals surface area contributed by atoms with Gasteiger partial charge in [-0.3, -0.25) is 9.59 Å². The minimum Gasteiger partial charge on any atom is -0.480 e. The predicted molar refractivity (Wildman–Crippen MR) is 68.7 cm³/mol. The van der Waals surface area contributed by atoms with Crippen LogP contribution in [0, 0.1) is 11.2 Å². The van der Waals surface area contributed by atoms with Crippen LogP contribution < -0.4 is 0 Å². The molecule has 0 saturated heterocycles. The smallest absolute Gasteiger partial charge is 0.317 e. The zero-order valence-corrected chi connectivity index (χ0v) is 11.0. The standard InChI is InChI=1S/C14H14ClFO3/c15-10-5-3-4-9(12(10)16)8-14(13(18)19)7-2-1-6-11(14)17/h3-5H,1-2,6-8H2,(H,18,19). The van der Waals surface area contributed by atoms with Crippen molar-refractivity contribution in [2.45, 2.75) is 32.1 Å². The number of hydrogen-bond acceptors (Lipinski definition) is 2. The molecular weight excluding hydrogens is 271 g/mol. The monoisotopic (exact) mass is 284 g/mol. The van der Waals surface area contributed by atoms with Crippen LogP contribution in [0.5, 0.6) is 0 Å². The van der Waals surface area contributed by atoms with Gasteiger partial charge in [0.1, 0.15) is 11.2 Å². The Bertz CT molecular complexity index is 529. The highest BCUT2D eigenvalue weighted by atomic mass is 35.5. The second kappa shape index (κ2) is 5.29. The first kappa shape index (κ1) is 14.0. The summed E-state index contributed by atoms with van der Waals surface area (Å²) in [7, 11) is 0. The third-order valence-electron chi connectivity index (χ3n) is 3.72. The number of carboxylic acid groups (broad SMARTS) is 1. The van der Waals surface area contributed by atoms with Crippen LogP contribution in [0.1, 0.15) is 31.2 Å². The number of carboxylic acids is 1. The molecule has 102 valence electrons. The van der Waals surface area contributed by atoms with Gasteiger partial charge in [-0.25, -0.2) is 4.39 Å². The first-order chi connectivity index (χ1) is 8.97. The Morgan fingerprint density at radius 1 is 1.42 bits per heavy atom. The summed E-state index contributed by atoms with van der Waals surface area (Å²) in [4.78, 5) is 23.5. The summed E-state index contributed by atoms with van der Waals surface area (Å²) < 4.78 is 13.9. The van der Waals surface area contributed by atoms with Crippen molar-refractivity contribution < 1.29 is 19.1 Å². The average molecular weight is 285 g/mol. The maximum absolute atomic E-state index is 13.9. The van der Waals surface area contributed by atoms with Crippen LogP contribution >= 0.6 is 11.6 Å². The summed E-state index contributed by atoms with van der Waals surface area (Å²) in [5.74, 6) is -2.12. The van der Waals surface area contributed by atoms with Crippen molar-refractivity contribution in [2.75, 3.05) is 0 Å². The number of carbonyl (C=O) groups is 2. The Balaban J connectivity index is 2.39. The van der Waals surface area contributed by atoms with E-state index in [0.29, 0.717) is 12.8 Å². The summed E-state index contributed by atoms with van der Waals surface area (Å²) in [6.07, 6.45) is 1.74. The van der Waals surface area contributed by atoms with Gasteiger partial charge >= 0.3 is 5.97 Å². The molecule has 19 heavy (non-hydrogen) atoms. The van der Waals surface area contributed by atoms with Gasteiger partial charge in [0.15, 0.2) is 5.78 Å². The first-order valence-electron chi connectivity index (χ1n) is 6.17. The third kappa shape index (κ3) is 2.50. The topological polar surface area (TPSA) is 54.4 Å². The molecule has 1 saturated carbocycles. The molecule has 0 heterocycles. The van der Waals surface area contributed by atoms with Crippen molar-refractivity contribution in [1.29, 1.82) is 0 Å². The molecule has 0 bridgehead atoms. The molecular formula is C14H14ClFO3. The molecule has 0 radical (unpaired) electrons. The van der Waals surface area contributed by atoms with Crippen molar-refractivity contribution in [2.24, 2.45) is 5.41 Å². The van der Waals surface area contributed by atoms with E-state index in [1.165, 1.54) is 12.1 Å². The highest BCUT2D eigenvalue weighted by Gasteiger charge is 2.47. The van der Waals surface area contributed by atoms with Gasteiger partial charge < -0.3 is 5.11 Å². The van der Waals surface area contributed by atoms with Crippen LogP contribution in [0.15, 0.2) is 18.2 Å². The van der Waals surface area contributed by atoms with Crippen molar-refractivity contribution in [3.05, 3.63) is 34.6 Å². The first-order valence-corrected chi connectivity index (χ1v) is 6.55. The Kier molecular flexibility index (Phi) is 3.90. The fraction of sp³-hybridized carbons (Fsp3) is 0.429. The van der Waals surface area contributed by atoms with Gasteiger partial charge in [-0.2, -0.15) is 0 Å². The lowest BCUT2D eigenvalue weighted by atomic mass is 9.69. The van der Waals surface area contributed by atoms with Gasteiger partial charge in [-0.1, -0.05) is 30.2 Å². The Hall–Kier alpha value is -1.42. The van der Waals surface area contributed by atoms with Gasteiger partial charge in [0, 0.05) is 6.42 Å². The number of rotatable bonds is 3. The minimum atomic E-state index is -1.50. The molecule has 0 aliphatic heterocycles. The minimum absolute atomic E-state index is 0.0544. The van der Waals surface area contributed by atoms with E-state index >= 15 is 0 Å². The molecule has 1 aliphatic rings. The zero-order valence-electron chi connectivity index (χ0n) is 10.3. The Labute approximate surface area is 115 Å². The van der Waals surface area contributed by atoms with Crippen molar-refractivity contribution in [3.63, 3.8) is 0 Å². The van der Waals surface area contributed by atoms with E-state index < -0.39 is 17.2 Å². The van der Waals surface area contributed by atoms with Crippen molar-refractivity contribution in [3.8, 4) is 0 Å². The Morgan fingerprint density at radius 2 is 2.16 bits per heavy atom. The van der Waals surface area contributed by atoms with Gasteiger partial charge in [0.05, 0.1) is 5.02 Å². The highest BCUT2D eigenvalue weighted by Crippen LogP contribution is 2.38. The second-order valence-electron chi connectivity index (χ2n) is 4.91. The number of halogens is 2. The Morgan fingerprint density at radius 3 is 2.79 bits per heavy atom. The van der Waals surface area contributed by atoms with E-state index in [1.807, 2.05) is 0 Å². The molecule has 1 aromatic rings. The number of carbonyl (C=O) groups excluding carboxylic acids is 1. The van der Waals surface area contributed by atoms with Gasteiger partial charge in [-0.05, 0) is 30.9 Å². The van der Waals surface area contributed by atoms with E-state index in [1.54, 1.807) is 6.07 Å². The molecule has 0 aromatic heterocycles. The largest absolute Gasteiger partial charge is 0.480 e. The average Bonchev–Trinajstić information content (AvgIpc) is 2.37. The highest BCUT2D eigenvalue weighted by molar-refractivity contribution is 6.30. The van der Waals surface area contributed by atoms with Crippen LogP contribution in [0.3, 0.4) is 0 Å². The molecule has 3 nitrogen and oxygen atoms in total. The summed E-state index contributed by atoms with van der Waals surface area (Å²) >= 11 is 5.69. The molecule has 0 spiro atoms. The van der Waals surface area contributed by atoms with Gasteiger partial charge in [0.25, 0.3) is 0 Å². The number of ketones is 1. The number of benzene rings is 1. The molecule has 1 aliphatic carbocycles. The molecule has 1 N–H and O–H groups in total. The fourth-order valence-electron chi connectivity index (χ4n) is 2.59. The maximum atomic E-state index is 13.9. The normalized spacial score (nSPS) is 23.4. The number of Topliss-reactive ketones (excluding diaryl/α,β-unsaturated/α-hetero) is 1. The molecule has 1 fully saturated rings. The lowest BCUT2D eigenvalue weighted by Gasteiger charge is -2.31. The van der Waals surface area contributed by atoms with Crippen LogP contribution in [0.4, 0.5) is 4.39 Å². The number of hydrogen-bond donors (Lipinski definition) is 1. The predicted octanol–water partition coefficient (Wildman–Crippen LogP) is 3.24. The molecule has 2 rings (SSSR count). The second-order valence-corrected chi connectivity index (χ2v) is 5.31. The van der Waals surface area contributed by atoms with Crippen molar-refractivity contribution in [1.82, 2.24) is 0 Å². The van der Waals surface area contributed by atoms with E-state index in [-0.39, 0.29) is 35.6 Å². The van der Waals surface area contributed by atoms with Crippen LogP contribution in [0.2, 0.25) is 5.02 Å². The van der Waals surface area contributed by atoms with Crippen LogP contribution in [0.25, 0.3) is 0 Å². The van der Waals surface area contributed by atoms with E-state index in [2.05, 4.69) is 0 Å². The van der Waals surface area contributed by atoms with E-state index in [4.69, 9.17) is 11.6 Å². The summed E-state index contributed by atoms with van der Waals surface area (Å²) in [6, 6.07) is 4.44. The molecule has 5 heteroatoms. The summed E-state index contributed by atoms with van der Waals surface area (Å²) in [5.41, 5.74) is -1.31.